The lowest BCUT2D eigenvalue weighted by Crippen LogP contribution is -2.25. The van der Waals surface area contributed by atoms with Crippen LogP contribution in [0.2, 0.25) is 0 Å². The summed E-state index contributed by atoms with van der Waals surface area (Å²) in [6.45, 7) is 3.29. The Morgan fingerprint density at radius 1 is 1.00 bits per heavy atom. The van der Waals surface area contributed by atoms with Crippen LogP contribution < -0.4 is 10.9 Å². The number of para-hydroxylation sites is 1. The molecular weight excluding hydrogens is 390 g/mol. The standard InChI is InChI=1S/C24H27N5O2/c1-2-3-16-25-22(30)14-13-21-26-27-24-28(17-15-18-9-5-4-6-10-18)23(31)19-11-7-8-12-20(19)29(21)24/h4-12H,2-3,13-17H2,1H3,(H,25,30). The van der Waals surface area contributed by atoms with Crippen LogP contribution in [0.25, 0.3) is 16.7 Å². The average Bonchev–Trinajstić information content (AvgIpc) is 3.22. The Morgan fingerprint density at radius 2 is 1.77 bits per heavy atom. The van der Waals surface area contributed by atoms with Crippen molar-refractivity contribution < 1.29 is 4.79 Å². The lowest BCUT2D eigenvalue weighted by atomic mass is 10.1. The van der Waals surface area contributed by atoms with Gasteiger partial charge in [0.15, 0.2) is 0 Å². The smallest absolute Gasteiger partial charge is 0.262 e. The van der Waals surface area contributed by atoms with E-state index in [-0.39, 0.29) is 11.5 Å². The van der Waals surface area contributed by atoms with E-state index in [9.17, 15) is 9.59 Å². The fourth-order valence-corrected chi connectivity index (χ4v) is 3.78. The first-order chi connectivity index (χ1) is 15.2. The number of hydrogen-bond acceptors (Lipinski definition) is 4. The molecule has 0 atom stereocenters. The molecule has 0 bridgehead atoms. The van der Waals surface area contributed by atoms with Crippen molar-refractivity contribution >= 4 is 22.6 Å². The third-order valence-electron chi connectivity index (χ3n) is 5.47. The first kappa shape index (κ1) is 20.8. The molecule has 4 aromatic rings. The van der Waals surface area contributed by atoms with Gasteiger partial charge in [0.1, 0.15) is 5.82 Å². The molecule has 1 amide bonds. The van der Waals surface area contributed by atoms with Crippen LogP contribution in [0.1, 0.15) is 37.6 Å². The molecule has 7 nitrogen and oxygen atoms in total. The molecule has 4 rings (SSSR count). The van der Waals surface area contributed by atoms with Gasteiger partial charge in [-0.2, -0.15) is 0 Å². The summed E-state index contributed by atoms with van der Waals surface area (Å²) in [5.74, 6) is 1.21. The first-order valence-corrected chi connectivity index (χ1v) is 10.8. The van der Waals surface area contributed by atoms with Gasteiger partial charge in [-0.05, 0) is 30.5 Å². The Kier molecular flexibility index (Phi) is 6.40. The summed E-state index contributed by atoms with van der Waals surface area (Å²) in [5, 5.41) is 12.2. The number of nitrogens with zero attached hydrogens (tertiary/aromatic N) is 4. The van der Waals surface area contributed by atoms with Crippen LogP contribution >= 0.6 is 0 Å². The summed E-state index contributed by atoms with van der Waals surface area (Å²) in [4.78, 5) is 25.4. The summed E-state index contributed by atoms with van der Waals surface area (Å²) in [5.41, 5.74) is 1.85. The summed E-state index contributed by atoms with van der Waals surface area (Å²) < 4.78 is 3.61. The van der Waals surface area contributed by atoms with Gasteiger partial charge in [0, 0.05) is 25.9 Å². The Bertz CT molecular complexity index is 1240. The molecule has 160 valence electrons. The minimum absolute atomic E-state index is 0.00639. The van der Waals surface area contributed by atoms with E-state index in [0.29, 0.717) is 42.9 Å². The van der Waals surface area contributed by atoms with Crippen LogP contribution in [-0.2, 0) is 24.2 Å². The molecule has 0 fully saturated rings. The zero-order valence-corrected chi connectivity index (χ0v) is 17.8. The van der Waals surface area contributed by atoms with Crippen LogP contribution in [-0.4, -0.2) is 31.6 Å². The number of hydrogen-bond donors (Lipinski definition) is 1. The minimum atomic E-state index is -0.0738. The van der Waals surface area contributed by atoms with E-state index < -0.39 is 0 Å². The van der Waals surface area contributed by atoms with E-state index in [1.54, 1.807) is 4.57 Å². The third kappa shape index (κ3) is 4.50. The Balaban J connectivity index is 1.67. The maximum atomic E-state index is 13.2. The molecule has 7 heteroatoms. The molecule has 31 heavy (non-hydrogen) atoms. The van der Waals surface area contributed by atoms with Gasteiger partial charge >= 0.3 is 0 Å². The number of carbonyl (C=O) groups excluding carboxylic acids is 1. The summed E-state index contributed by atoms with van der Waals surface area (Å²) in [7, 11) is 0. The lowest BCUT2D eigenvalue weighted by molar-refractivity contribution is -0.121. The molecule has 0 spiro atoms. The zero-order chi connectivity index (χ0) is 21.6. The Morgan fingerprint density at radius 3 is 2.58 bits per heavy atom. The number of aryl methyl sites for hydroxylation is 3. The van der Waals surface area contributed by atoms with Gasteiger partial charge in [-0.15, -0.1) is 10.2 Å². The number of carbonyl (C=O) groups is 1. The van der Waals surface area contributed by atoms with Crippen molar-refractivity contribution in [1.29, 1.82) is 0 Å². The highest BCUT2D eigenvalue weighted by molar-refractivity contribution is 5.80. The Labute approximate surface area is 180 Å². The molecule has 2 aromatic carbocycles. The van der Waals surface area contributed by atoms with Gasteiger partial charge in [0.25, 0.3) is 5.56 Å². The lowest BCUT2D eigenvalue weighted by Gasteiger charge is -2.11. The molecular formula is C24H27N5O2. The monoisotopic (exact) mass is 417 g/mol. The van der Waals surface area contributed by atoms with Crippen molar-refractivity contribution in [3.63, 3.8) is 0 Å². The van der Waals surface area contributed by atoms with Crippen molar-refractivity contribution in [2.75, 3.05) is 6.54 Å². The molecule has 0 aliphatic rings. The molecule has 0 saturated heterocycles. The number of unbranched alkanes of at least 4 members (excludes halogenated alkanes) is 1. The highest BCUT2D eigenvalue weighted by Gasteiger charge is 2.17. The number of amides is 1. The molecule has 0 aliphatic carbocycles. The second kappa shape index (κ2) is 9.55. The van der Waals surface area contributed by atoms with Gasteiger partial charge in [0.2, 0.25) is 11.7 Å². The van der Waals surface area contributed by atoms with Crippen LogP contribution in [0, 0.1) is 0 Å². The summed E-state index contributed by atoms with van der Waals surface area (Å²) >= 11 is 0. The maximum Gasteiger partial charge on any atom is 0.262 e. The van der Waals surface area contributed by atoms with Gasteiger partial charge in [-0.1, -0.05) is 55.8 Å². The van der Waals surface area contributed by atoms with E-state index in [4.69, 9.17) is 0 Å². The maximum absolute atomic E-state index is 13.2. The largest absolute Gasteiger partial charge is 0.356 e. The van der Waals surface area contributed by atoms with Gasteiger partial charge in [-0.25, -0.2) is 0 Å². The van der Waals surface area contributed by atoms with Crippen molar-refractivity contribution in [2.24, 2.45) is 0 Å². The molecule has 0 radical (unpaired) electrons. The van der Waals surface area contributed by atoms with E-state index in [0.717, 1.165) is 30.3 Å². The number of nitrogens with one attached hydrogen (secondary N) is 1. The van der Waals surface area contributed by atoms with Gasteiger partial charge < -0.3 is 5.32 Å². The predicted octanol–water partition coefficient (Wildman–Crippen LogP) is 3.14. The summed E-state index contributed by atoms with van der Waals surface area (Å²) in [6, 6.07) is 17.6. The number of rotatable bonds is 9. The highest BCUT2D eigenvalue weighted by atomic mass is 16.1. The summed E-state index contributed by atoms with van der Waals surface area (Å²) in [6.07, 6.45) is 3.53. The third-order valence-corrected chi connectivity index (χ3v) is 5.47. The molecule has 2 aromatic heterocycles. The SMILES string of the molecule is CCCCNC(=O)CCc1nnc2n(CCc3ccccc3)c(=O)c3ccccc3n12. The fraction of sp³-hybridized carbons (Fsp3) is 0.333. The van der Waals surface area contributed by atoms with Crippen molar-refractivity contribution in [3.8, 4) is 0 Å². The van der Waals surface area contributed by atoms with Gasteiger partial charge in [-0.3, -0.25) is 18.6 Å². The second-order valence-corrected chi connectivity index (χ2v) is 7.66. The number of benzene rings is 2. The normalized spacial score (nSPS) is 11.3. The number of aromatic nitrogens is 4. The van der Waals surface area contributed by atoms with Crippen LogP contribution in [0.4, 0.5) is 0 Å². The molecule has 1 N–H and O–H groups in total. The highest BCUT2D eigenvalue weighted by Crippen LogP contribution is 2.16. The quantitative estimate of drug-likeness (QED) is 0.424. The van der Waals surface area contributed by atoms with Gasteiger partial charge in [0.05, 0.1) is 10.9 Å². The predicted molar refractivity (Wildman–Crippen MR) is 121 cm³/mol. The topological polar surface area (TPSA) is 81.3 Å². The van der Waals surface area contributed by atoms with Crippen molar-refractivity contribution in [3.05, 3.63) is 76.3 Å². The van der Waals surface area contributed by atoms with E-state index >= 15 is 0 Å². The first-order valence-electron chi connectivity index (χ1n) is 10.8. The molecule has 0 unspecified atom stereocenters. The van der Waals surface area contributed by atoms with Crippen molar-refractivity contribution in [1.82, 2.24) is 24.5 Å². The van der Waals surface area contributed by atoms with Crippen LogP contribution in [0.5, 0.6) is 0 Å². The molecule has 0 aliphatic heterocycles. The van der Waals surface area contributed by atoms with Crippen molar-refractivity contribution in [2.45, 2.75) is 45.6 Å². The zero-order valence-electron chi connectivity index (χ0n) is 17.8. The van der Waals surface area contributed by atoms with Crippen LogP contribution in [0.3, 0.4) is 0 Å². The fourth-order valence-electron chi connectivity index (χ4n) is 3.78. The van der Waals surface area contributed by atoms with Crippen LogP contribution in [0.15, 0.2) is 59.4 Å². The molecule has 0 saturated carbocycles. The Hall–Kier alpha value is -3.48. The second-order valence-electron chi connectivity index (χ2n) is 7.66. The molecule has 2 heterocycles. The average molecular weight is 418 g/mol. The number of fused-ring (bicyclic) bond motifs is 3. The van der Waals surface area contributed by atoms with E-state index in [1.807, 2.05) is 46.9 Å². The van der Waals surface area contributed by atoms with E-state index in [1.165, 1.54) is 0 Å². The minimum Gasteiger partial charge on any atom is -0.356 e. The van der Waals surface area contributed by atoms with E-state index in [2.05, 4.69) is 34.6 Å².